The molecule has 2 saturated heterocycles. The number of hydrogen-bond donors (Lipinski definition) is 3. The maximum absolute atomic E-state index is 13.9. The second-order valence-corrected chi connectivity index (χ2v) is 11.5. The van der Waals surface area contributed by atoms with Gasteiger partial charge in [0.2, 0.25) is 11.8 Å². The number of nitrogens with one attached hydrogen (secondary N) is 3. The normalized spacial score (nSPS) is 24.0. The molecular weight excluding hydrogens is 514 g/mol. The summed E-state index contributed by atoms with van der Waals surface area (Å²) in [7, 11) is 1.85. The summed E-state index contributed by atoms with van der Waals surface area (Å²) >= 11 is 0. The number of dihydropyridines is 1. The predicted molar refractivity (Wildman–Crippen MR) is 158 cm³/mol. The fraction of sp³-hybridized carbons (Fsp3) is 0.375. The van der Waals surface area contributed by atoms with Gasteiger partial charge in [-0.25, -0.2) is 4.68 Å². The van der Waals surface area contributed by atoms with E-state index in [1.165, 1.54) is 11.1 Å². The average Bonchev–Trinajstić information content (AvgIpc) is 3.72. The van der Waals surface area contributed by atoms with Crippen molar-refractivity contribution in [2.75, 3.05) is 13.1 Å². The molecule has 6 rings (SSSR count). The molecule has 1 unspecified atom stereocenters. The third-order valence-corrected chi connectivity index (χ3v) is 8.61. The van der Waals surface area contributed by atoms with E-state index in [0.717, 1.165) is 34.3 Å². The van der Waals surface area contributed by atoms with Crippen LogP contribution in [0.15, 0.2) is 78.7 Å². The van der Waals surface area contributed by atoms with Crippen LogP contribution in [0, 0.1) is 18.8 Å². The fourth-order valence-electron chi connectivity index (χ4n) is 6.35. The number of aryl methyl sites for hydroxylation is 2. The van der Waals surface area contributed by atoms with Crippen molar-refractivity contribution in [2.45, 2.75) is 44.8 Å². The molecule has 1 aromatic heterocycles. The first-order valence-electron chi connectivity index (χ1n) is 14.3. The van der Waals surface area contributed by atoms with Crippen molar-refractivity contribution in [2.24, 2.45) is 18.9 Å². The van der Waals surface area contributed by atoms with Crippen LogP contribution in [0.25, 0.3) is 11.0 Å². The molecule has 0 aliphatic carbocycles. The van der Waals surface area contributed by atoms with E-state index >= 15 is 0 Å². The molecule has 0 bridgehead atoms. The van der Waals surface area contributed by atoms with Gasteiger partial charge in [-0.1, -0.05) is 53.8 Å². The Hall–Kier alpha value is -4.24. The number of allylic oxidation sites excluding steroid dienone is 3. The Morgan fingerprint density at radius 2 is 1.93 bits per heavy atom. The van der Waals surface area contributed by atoms with Gasteiger partial charge in [0.15, 0.2) is 0 Å². The van der Waals surface area contributed by atoms with Gasteiger partial charge in [0.05, 0.1) is 11.6 Å². The lowest BCUT2D eigenvalue weighted by Crippen LogP contribution is -2.51. The largest absolute Gasteiger partial charge is 0.362 e. The number of nitrogens with zero attached hydrogens (tertiary/aromatic N) is 4. The molecular formula is C32H37N7O2. The number of likely N-dealkylation sites (tertiary alicyclic amines) is 1. The molecule has 0 radical (unpaired) electrons. The zero-order valence-electron chi connectivity index (χ0n) is 23.6. The Balaban J connectivity index is 1.16. The Kier molecular flexibility index (Phi) is 7.45. The summed E-state index contributed by atoms with van der Waals surface area (Å²) in [6.07, 6.45) is 8.07. The molecule has 4 atom stereocenters. The first-order valence-corrected chi connectivity index (χ1v) is 14.3. The van der Waals surface area contributed by atoms with E-state index in [1.807, 2.05) is 42.4 Å². The first-order chi connectivity index (χ1) is 19.9. The Bertz CT molecular complexity index is 1540. The second-order valence-electron chi connectivity index (χ2n) is 11.5. The molecule has 2 aromatic carbocycles. The number of rotatable bonds is 7. The van der Waals surface area contributed by atoms with Gasteiger partial charge in [0.25, 0.3) is 0 Å². The molecule has 4 heterocycles. The Morgan fingerprint density at radius 1 is 1.12 bits per heavy atom. The molecule has 41 heavy (non-hydrogen) atoms. The van der Waals surface area contributed by atoms with Gasteiger partial charge in [0, 0.05) is 44.5 Å². The van der Waals surface area contributed by atoms with Crippen molar-refractivity contribution in [3.63, 3.8) is 0 Å². The van der Waals surface area contributed by atoms with E-state index in [4.69, 9.17) is 0 Å². The number of carbonyl (C=O) groups excluding carboxylic acids is 2. The van der Waals surface area contributed by atoms with E-state index in [0.29, 0.717) is 32.5 Å². The molecule has 3 aliphatic heterocycles. The smallest absolute Gasteiger partial charge is 0.243 e. The minimum absolute atomic E-state index is 0.00515. The number of benzene rings is 2. The molecule has 9 heteroatoms. The molecule has 2 fully saturated rings. The van der Waals surface area contributed by atoms with Gasteiger partial charge in [-0.05, 0) is 67.0 Å². The highest BCUT2D eigenvalue weighted by atomic mass is 16.2. The van der Waals surface area contributed by atoms with Gasteiger partial charge < -0.3 is 20.9 Å². The number of fused-ring (bicyclic) bond motifs is 1. The van der Waals surface area contributed by atoms with E-state index < -0.39 is 6.04 Å². The highest BCUT2D eigenvalue weighted by Gasteiger charge is 2.43. The summed E-state index contributed by atoms with van der Waals surface area (Å²) in [6, 6.07) is 13.6. The minimum atomic E-state index is -0.507. The van der Waals surface area contributed by atoms with Crippen LogP contribution in [-0.2, 0) is 29.6 Å². The number of aromatic nitrogens is 3. The lowest BCUT2D eigenvalue weighted by molar-refractivity contribution is -0.139. The Morgan fingerprint density at radius 3 is 2.73 bits per heavy atom. The maximum Gasteiger partial charge on any atom is 0.243 e. The van der Waals surface area contributed by atoms with Crippen molar-refractivity contribution < 1.29 is 9.59 Å². The van der Waals surface area contributed by atoms with Crippen LogP contribution >= 0.6 is 0 Å². The van der Waals surface area contributed by atoms with Gasteiger partial charge in [-0.15, -0.1) is 5.10 Å². The van der Waals surface area contributed by atoms with Crippen LogP contribution in [0.1, 0.15) is 29.5 Å². The highest BCUT2D eigenvalue weighted by molar-refractivity contribution is 5.90. The van der Waals surface area contributed by atoms with E-state index in [2.05, 4.69) is 70.1 Å². The predicted octanol–water partition coefficient (Wildman–Crippen LogP) is 2.89. The molecule has 3 N–H and O–H groups in total. The SMILES string of the molecule is C=C1NC=CC=C1C1CN[C@@H](C(=O)N2C[C@H](Cc3ccc(C)cc3)C[C@H]2C(=O)NCc2ccc3c(c2)nnn3C)C1. The van der Waals surface area contributed by atoms with Gasteiger partial charge in [-0.2, -0.15) is 0 Å². The first kappa shape index (κ1) is 27.0. The number of carbonyl (C=O) groups is 2. The van der Waals surface area contributed by atoms with Crippen LogP contribution in [-0.4, -0.2) is 56.9 Å². The molecule has 3 aromatic rings. The third kappa shape index (κ3) is 5.67. The molecule has 0 spiro atoms. The molecule has 9 nitrogen and oxygen atoms in total. The monoisotopic (exact) mass is 551 g/mol. The van der Waals surface area contributed by atoms with Crippen molar-refractivity contribution in [3.05, 3.63) is 95.4 Å². The Labute approximate surface area is 240 Å². The van der Waals surface area contributed by atoms with Crippen LogP contribution in [0.4, 0.5) is 0 Å². The fourth-order valence-corrected chi connectivity index (χ4v) is 6.35. The minimum Gasteiger partial charge on any atom is -0.362 e. The maximum atomic E-state index is 13.9. The number of amides is 2. The average molecular weight is 552 g/mol. The lowest BCUT2D eigenvalue weighted by atomic mass is 9.92. The standard InChI is InChI=1S/C32H37N7O2/c1-20-6-8-22(9-7-20)13-24-15-30(31(40)35-17-23-10-11-29-27(14-23)36-37-38(29)3)39(19-24)32(41)28-16-25(18-34-28)26-5-4-12-33-21(26)2/h4-12,14,24-25,28,30,33-34H,2,13,15-19H2,1,3H3,(H,35,40)/t24-,25?,28-,30+/m1/s1. The van der Waals surface area contributed by atoms with E-state index in [9.17, 15) is 9.59 Å². The zero-order valence-corrected chi connectivity index (χ0v) is 23.6. The topological polar surface area (TPSA) is 104 Å². The van der Waals surface area contributed by atoms with Gasteiger partial charge in [0.1, 0.15) is 11.6 Å². The summed E-state index contributed by atoms with van der Waals surface area (Å²) in [5, 5.41) is 18.0. The summed E-state index contributed by atoms with van der Waals surface area (Å²) < 4.78 is 1.73. The van der Waals surface area contributed by atoms with E-state index in [-0.39, 0.29) is 29.7 Å². The van der Waals surface area contributed by atoms with E-state index in [1.54, 1.807) is 4.68 Å². The van der Waals surface area contributed by atoms with Crippen molar-refractivity contribution in [3.8, 4) is 0 Å². The van der Waals surface area contributed by atoms with Crippen LogP contribution in [0.3, 0.4) is 0 Å². The van der Waals surface area contributed by atoms with Crippen LogP contribution in [0.5, 0.6) is 0 Å². The zero-order chi connectivity index (χ0) is 28.5. The second kappa shape index (κ2) is 11.3. The van der Waals surface area contributed by atoms with Gasteiger partial charge >= 0.3 is 0 Å². The molecule has 2 amide bonds. The van der Waals surface area contributed by atoms with Crippen LogP contribution < -0.4 is 16.0 Å². The van der Waals surface area contributed by atoms with Gasteiger partial charge in [-0.3, -0.25) is 9.59 Å². The quantitative estimate of drug-likeness (QED) is 0.417. The summed E-state index contributed by atoms with van der Waals surface area (Å²) in [5.74, 6) is 0.297. The number of hydrogen-bond acceptors (Lipinski definition) is 6. The molecule has 212 valence electrons. The molecule has 0 saturated carbocycles. The molecule has 3 aliphatic rings. The summed E-state index contributed by atoms with van der Waals surface area (Å²) in [6.45, 7) is 7.85. The third-order valence-electron chi connectivity index (χ3n) is 8.61. The van der Waals surface area contributed by atoms with Crippen molar-refractivity contribution in [1.82, 2.24) is 35.8 Å². The van der Waals surface area contributed by atoms with Crippen LogP contribution in [0.2, 0.25) is 0 Å². The lowest BCUT2D eigenvalue weighted by Gasteiger charge is -2.27. The summed E-state index contributed by atoms with van der Waals surface area (Å²) in [5.41, 5.74) is 7.13. The summed E-state index contributed by atoms with van der Waals surface area (Å²) in [4.78, 5) is 29.4. The highest BCUT2D eigenvalue weighted by Crippen LogP contribution is 2.32. The van der Waals surface area contributed by atoms with Crippen molar-refractivity contribution in [1.29, 1.82) is 0 Å². The van der Waals surface area contributed by atoms with Crippen molar-refractivity contribution >= 4 is 22.8 Å².